The van der Waals surface area contributed by atoms with Crippen LogP contribution in [-0.2, 0) is 9.59 Å². The molecular weight excluding hydrogens is 280 g/mol. The number of para-hydroxylation sites is 2. The quantitative estimate of drug-likeness (QED) is 0.926. The monoisotopic (exact) mass is 302 g/mol. The Balaban J connectivity index is 1.68. The first-order chi connectivity index (χ1) is 10.7. The Labute approximate surface area is 130 Å². The summed E-state index contributed by atoms with van der Waals surface area (Å²) in [6.07, 6.45) is 4.76. The first-order valence-electron chi connectivity index (χ1n) is 7.93. The predicted molar refractivity (Wildman–Crippen MR) is 83.9 cm³/mol. The zero-order valence-electron chi connectivity index (χ0n) is 12.9. The molecule has 5 nitrogen and oxygen atoms in total. The number of benzene rings is 1. The van der Waals surface area contributed by atoms with E-state index in [2.05, 4.69) is 5.32 Å². The second-order valence-electron chi connectivity index (χ2n) is 6.07. The lowest BCUT2D eigenvalue weighted by Gasteiger charge is -2.20. The number of hydrogen-bond donors (Lipinski definition) is 1. The van der Waals surface area contributed by atoms with Crippen molar-refractivity contribution >= 4 is 17.5 Å². The van der Waals surface area contributed by atoms with Gasteiger partial charge in [0.05, 0.1) is 18.7 Å². The topological polar surface area (TPSA) is 58.6 Å². The molecule has 5 heteroatoms. The van der Waals surface area contributed by atoms with Gasteiger partial charge >= 0.3 is 0 Å². The molecular formula is C17H22N2O3. The van der Waals surface area contributed by atoms with E-state index in [0.717, 1.165) is 18.5 Å². The molecule has 0 spiro atoms. The van der Waals surface area contributed by atoms with E-state index >= 15 is 0 Å². The van der Waals surface area contributed by atoms with Crippen LogP contribution in [0, 0.1) is 5.92 Å². The second kappa shape index (κ2) is 6.38. The summed E-state index contributed by atoms with van der Waals surface area (Å²) in [7, 11) is 1.59. The summed E-state index contributed by atoms with van der Waals surface area (Å²) in [5.74, 6) is 0.388. The van der Waals surface area contributed by atoms with Crippen LogP contribution in [0.2, 0.25) is 0 Å². The lowest BCUT2D eigenvalue weighted by Crippen LogP contribution is -2.38. The average molecular weight is 302 g/mol. The number of nitrogens with one attached hydrogen (secondary N) is 1. The van der Waals surface area contributed by atoms with Gasteiger partial charge in [-0.15, -0.1) is 0 Å². The molecule has 1 unspecified atom stereocenters. The molecule has 22 heavy (non-hydrogen) atoms. The predicted octanol–water partition coefficient (Wildman–Crippen LogP) is 2.11. The maximum absolute atomic E-state index is 12.4. The normalized spacial score (nSPS) is 22.1. The molecule has 1 aromatic rings. The van der Waals surface area contributed by atoms with E-state index < -0.39 is 0 Å². The van der Waals surface area contributed by atoms with Crippen LogP contribution in [0.15, 0.2) is 24.3 Å². The molecule has 1 heterocycles. The van der Waals surface area contributed by atoms with Crippen LogP contribution in [0.5, 0.6) is 5.75 Å². The minimum Gasteiger partial charge on any atom is -0.495 e. The summed E-state index contributed by atoms with van der Waals surface area (Å²) >= 11 is 0. The van der Waals surface area contributed by atoms with Gasteiger partial charge in [-0.3, -0.25) is 9.59 Å². The van der Waals surface area contributed by atoms with Gasteiger partial charge in [-0.25, -0.2) is 0 Å². The van der Waals surface area contributed by atoms with Crippen molar-refractivity contribution in [3.63, 3.8) is 0 Å². The molecule has 1 saturated heterocycles. The third-order valence-electron chi connectivity index (χ3n) is 4.57. The summed E-state index contributed by atoms with van der Waals surface area (Å²) in [4.78, 5) is 26.3. The number of amides is 2. The minimum atomic E-state index is -0.266. The SMILES string of the molecule is COc1ccccc1N1CC(C(=O)NC2CCCC2)CC1=O. The summed E-state index contributed by atoms with van der Waals surface area (Å²) in [6.45, 7) is 0.428. The van der Waals surface area contributed by atoms with E-state index in [0.29, 0.717) is 18.3 Å². The third-order valence-corrected chi connectivity index (χ3v) is 4.57. The number of carbonyl (C=O) groups is 2. The number of rotatable bonds is 4. The highest BCUT2D eigenvalue weighted by atomic mass is 16.5. The molecule has 1 N–H and O–H groups in total. The highest BCUT2D eigenvalue weighted by Gasteiger charge is 2.36. The number of methoxy groups -OCH3 is 1. The highest BCUT2D eigenvalue weighted by molar-refractivity contribution is 6.01. The first-order valence-corrected chi connectivity index (χ1v) is 7.93. The van der Waals surface area contributed by atoms with Crippen LogP contribution >= 0.6 is 0 Å². The molecule has 2 fully saturated rings. The fourth-order valence-electron chi connectivity index (χ4n) is 3.36. The molecule has 1 aliphatic heterocycles. The Bertz CT molecular complexity index is 567. The zero-order chi connectivity index (χ0) is 15.5. The van der Waals surface area contributed by atoms with Gasteiger partial charge in [0, 0.05) is 19.0 Å². The molecule has 0 radical (unpaired) electrons. The number of anilines is 1. The van der Waals surface area contributed by atoms with Crippen LogP contribution < -0.4 is 15.0 Å². The Hall–Kier alpha value is -2.04. The molecule has 3 rings (SSSR count). The number of carbonyl (C=O) groups excluding carboxylic acids is 2. The minimum absolute atomic E-state index is 0.0117. The maximum Gasteiger partial charge on any atom is 0.227 e. The summed E-state index contributed by atoms with van der Waals surface area (Å²) < 4.78 is 5.31. The third kappa shape index (κ3) is 2.93. The van der Waals surface area contributed by atoms with Crippen molar-refractivity contribution in [2.45, 2.75) is 38.1 Å². The van der Waals surface area contributed by atoms with Crippen LogP contribution in [0.25, 0.3) is 0 Å². The molecule has 0 aromatic heterocycles. The van der Waals surface area contributed by atoms with Gasteiger partial charge in [0.2, 0.25) is 11.8 Å². The van der Waals surface area contributed by atoms with Crippen LogP contribution in [0.4, 0.5) is 5.69 Å². The van der Waals surface area contributed by atoms with Gasteiger partial charge in [-0.1, -0.05) is 25.0 Å². The van der Waals surface area contributed by atoms with E-state index in [4.69, 9.17) is 4.74 Å². The second-order valence-corrected chi connectivity index (χ2v) is 6.07. The smallest absolute Gasteiger partial charge is 0.227 e. The van der Waals surface area contributed by atoms with Crippen molar-refractivity contribution in [1.29, 1.82) is 0 Å². The van der Waals surface area contributed by atoms with Crippen molar-refractivity contribution in [1.82, 2.24) is 5.32 Å². The molecule has 1 saturated carbocycles. The van der Waals surface area contributed by atoms with Crippen molar-refractivity contribution in [2.75, 3.05) is 18.6 Å². The number of nitrogens with zero attached hydrogens (tertiary/aromatic N) is 1. The van der Waals surface area contributed by atoms with E-state index in [1.807, 2.05) is 24.3 Å². The number of hydrogen-bond acceptors (Lipinski definition) is 3. The van der Waals surface area contributed by atoms with E-state index in [1.54, 1.807) is 12.0 Å². The maximum atomic E-state index is 12.4. The fraction of sp³-hybridized carbons (Fsp3) is 0.529. The summed E-state index contributed by atoms with van der Waals surface area (Å²) in [6, 6.07) is 7.72. The lowest BCUT2D eigenvalue weighted by atomic mass is 10.1. The van der Waals surface area contributed by atoms with Gasteiger partial charge in [0.15, 0.2) is 0 Å². The Kier molecular flexibility index (Phi) is 4.32. The number of ether oxygens (including phenoxy) is 1. The largest absolute Gasteiger partial charge is 0.495 e. The average Bonchev–Trinajstić information content (AvgIpc) is 3.16. The fourth-order valence-corrected chi connectivity index (χ4v) is 3.36. The van der Waals surface area contributed by atoms with Gasteiger partial charge in [0.1, 0.15) is 5.75 Å². The highest BCUT2D eigenvalue weighted by Crippen LogP contribution is 2.33. The zero-order valence-corrected chi connectivity index (χ0v) is 12.9. The van der Waals surface area contributed by atoms with Gasteiger partial charge in [-0.05, 0) is 25.0 Å². The Morgan fingerprint density at radius 3 is 2.73 bits per heavy atom. The van der Waals surface area contributed by atoms with E-state index in [9.17, 15) is 9.59 Å². The first kappa shape index (κ1) is 14.9. The van der Waals surface area contributed by atoms with Crippen LogP contribution in [0.3, 0.4) is 0 Å². The lowest BCUT2D eigenvalue weighted by molar-refractivity contribution is -0.126. The molecule has 2 aliphatic rings. The van der Waals surface area contributed by atoms with Crippen LogP contribution in [0.1, 0.15) is 32.1 Å². The van der Waals surface area contributed by atoms with Crippen molar-refractivity contribution in [2.24, 2.45) is 5.92 Å². The molecule has 1 aliphatic carbocycles. The van der Waals surface area contributed by atoms with Crippen molar-refractivity contribution < 1.29 is 14.3 Å². The van der Waals surface area contributed by atoms with Gasteiger partial charge in [-0.2, -0.15) is 0 Å². The Morgan fingerprint density at radius 1 is 1.27 bits per heavy atom. The van der Waals surface area contributed by atoms with E-state index in [-0.39, 0.29) is 24.2 Å². The standard InChI is InChI=1S/C17H22N2O3/c1-22-15-9-5-4-8-14(15)19-11-12(10-16(19)20)17(21)18-13-6-2-3-7-13/h4-5,8-9,12-13H,2-3,6-7,10-11H2,1H3,(H,18,21). The van der Waals surface area contributed by atoms with Crippen molar-refractivity contribution in [3.8, 4) is 5.75 Å². The van der Waals surface area contributed by atoms with Gasteiger partial charge < -0.3 is 15.0 Å². The van der Waals surface area contributed by atoms with Crippen molar-refractivity contribution in [3.05, 3.63) is 24.3 Å². The molecule has 1 aromatic carbocycles. The van der Waals surface area contributed by atoms with E-state index in [1.165, 1.54) is 12.8 Å². The Morgan fingerprint density at radius 2 is 2.00 bits per heavy atom. The molecule has 118 valence electrons. The molecule has 2 amide bonds. The summed E-state index contributed by atoms with van der Waals surface area (Å²) in [5.41, 5.74) is 0.742. The molecule has 0 bridgehead atoms. The van der Waals surface area contributed by atoms with Crippen LogP contribution in [-0.4, -0.2) is 31.5 Å². The van der Waals surface area contributed by atoms with Gasteiger partial charge in [0.25, 0.3) is 0 Å². The molecule has 1 atom stereocenters. The summed E-state index contributed by atoms with van der Waals surface area (Å²) in [5, 5.41) is 3.09.